The number of hydrazone groups is 1. The lowest BCUT2D eigenvalue weighted by atomic mass is 10.0. The van der Waals surface area contributed by atoms with Gasteiger partial charge in [-0.25, -0.2) is 5.43 Å². The zero-order chi connectivity index (χ0) is 21.8. The molecule has 1 aromatic heterocycles. The van der Waals surface area contributed by atoms with E-state index in [1.165, 1.54) is 11.6 Å². The Kier molecular flexibility index (Phi) is 6.29. The lowest BCUT2D eigenvalue weighted by Gasteiger charge is -2.08. The zero-order valence-corrected chi connectivity index (χ0v) is 18.6. The van der Waals surface area contributed by atoms with Gasteiger partial charge in [0.2, 0.25) is 0 Å². The molecule has 0 spiro atoms. The van der Waals surface area contributed by atoms with Crippen LogP contribution in [0.5, 0.6) is 5.75 Å². The van der Waals surface area contributed by atoms with Crippen molar-refractivity contribution in [2.24, 2.45) is 5.10 Å². The summed E-state index contributed by atoms with van der Waals surface area (Å²) in [6.07, 6.45) is 1.65. The van der Waals surface area contributed by atoms with Crippen molar-refractivity contribution in [3.05, 3.63) is 81.9 Å². The molecule has 8 heteroatoms. The van der Waals surface area contributed by atoms with E-state index >= 15 is 0 Å². The van der Waals surface area contributed by atoms with Crippen LogP contribution in [0.2, 0.25) is 0 Å². The highest BCUT2D eigenvalue weighted by Crippen LogP contribution is 2.30. The molecule has 4 aromatic rings. The summed E-state index contributed by atoms with van der Waals surface area (Å²) in [6.45, 7) is 3.69. The lowest BCUT2D eigenvalue weighted by molar-refractivity contribution is 0.0955. The number of thioether (sulfide) groups is 1. The molecule has 0 fully saturated rings. The van der Waals surface area contributed by atoms with Gasteiger partial charge in [-0.3, -0.25) is 4.79 Å². The molecule has 31 heavy (non-hydrogen) atoms. The fourth-order valence-corrected chi connectivity index (χ4v) is 4.94. The van der Waals surface area contributed by atoms with Crippen LogP contribution in [0.3, 0.4) is 0 Å². The van der Waals surface area contributed by atoms with Crippen molar-refractivity contribution in [3.8, 4) is 5.75 Å². The Balaban J connectivity index is 1.51. The minimum absolute atomic E-state index is 0.158. The van der Waals surface area contributed by atoms with Gasteiger partial charge in [-0.15, -0.1) is 10.2 Å². The van der Waals surface area contributed by atoms with Crippen molar-refractivity contribution in [2.45, 2.75) is 23.9 Å². The van der Waals surface area contributed by atoms with Crippen LogP contribution in [0.1, 0.15) is 32.1 Å². The molecule has 0 bridgehead atoms. The third-order valence-corrected chi connectivity index (χ3v) is 6.76. The van der Waals surface area contributed by atoms with Gasteiger partial charge in [0.1, 0.15) is 10.8 Å². The lowest BCUT2D eigenvalue weighted by Crippen LogP contribution is -2.17. The normalized spacial score (nSPS) is 11.3. The van der Waals surface area contributed by atoms with E-state index in [-0.39, 0.29) is 11.7 Å². The third kappa shape index (κ3) is 4.92. The third-order valence-electron chi connectivity index (χ3n) is 4.74. The predicted octanol–water partition coefficient (Wildman–Crippen LogP) is 5.07. The largest absolute Gasteiger partial charge is 0.508 e. The highest BCUT2D eigenvalue weighted by Gasteiger charge is 2.09. The second kappa shape index (κ2) is 9.28. The first-order valence-corrected chi connectivity index (χ1v) is 11.4. The molecule has 0 saturated heterocycles. The van der Waals surface area contributed by atoms with Crippen molar-refractivity contribution in [3.63, 3.8) is 0 Å². The predicted molar refractivity (Wildman–Crippen MR) is 126 cm³/mol. The first-order valence-electron chi connectivity index (χ1n) is 9.58. The van der Waals surface area contributed by atoms with Gasteiger partial charge in [0, 0.05) is 16.9 Å². The van der Waals surface area contributed by atoms with Crippen molar-refractivity contribution in [2.75, 3.05) is 0 Å². The van der Waals surface area contributed by atoms with Crippen molar-refractivity contribution in [1.82, 2.24) is 15.6 Å². The summed E-state index contributed by atoms with van der Waals surface area (Å²) in [6, 6.07) is 16.9. The number of aromatic hydroxyl groups is 1. The van der Waals surface area contributed by atoms with Crippen LogP contribution in [0, 0.1) is 13.8 Å². The first kappa shape index (κ1) is 21.0. The number of rotatable bonds is 6. The van der Waals surface area contributed by atoms with Crippen LogP contribution in [0.15, 0.2) is 64.0 Å². The number of nitrogens with zero attached hydrogens (tertiary/aromatic N) is 3. The summed E-state index contributed by atoms with van der Waals surface area (Å²) in [5.74, 6) is 0.624. The number of hydrogen-bond donors (Lipinski definition) is 2. The molecule has 0 saturated carbocycles. The fourth-order valence-electron chi connectivity index (χ4n) is 3.12. The van der Waals surface area contributed by atoms with E-state index in [9.17, 15) is 9.90 Å². The smallest absolute Gasteiger partial charge is 0.271 e. The highest BCUT2D eigenvalue weighted by molar-refractivity contribution is 8.00. The van der Waals surface area contributed by atoms with Gasteiger partial charge in [0.05, 0.1) is 6.21 Å². The molecule has 6 nitrogen and oxygen atoms in total. The Morgan fingerprint density at radius 3 is 2.68 bits per heavy atom. The molecule has 3 aromatic carbocycles. The molecule has 156 valence electrons. The van der Waals surface area contributed by atoms with Crippen LogP contribution in [0.4, 0.5) is 0 Å². The maximum absolute atomic E-state index is 12.3. The Morgan fingerprint density at radius 2 is 1.94 bits per heavy atom. The van der Waals surface area contributed by atoms with Crippen LogP contribution in [0.25, 0.3) is 10.8 Å². The SMILES string of the molecule is Cc1nnc(SCc2ccc(/C=N/NC(=O)c3ccc(O)c(C)c3)c3ccccc23)s1. The Bertz CT molecular complexity index is 1280. The summed E-state index contributed by atoms with van der Waals surface area (Å²) in [5, 5.41) is 25.2. The number of phenols is 1. The van der Waals surface area contributed by atoms with Crippen molar-refractivity contribution in [1.29, 1.82) is 0 Å². The summed E-state index contributed by atoms with van der Waals surface area (Å²) < 4.78 is 0.958. The minimum Gasteiger partial charge on any atom is -0.508 e. The standard InChI is InChI=1S/C23H20N4O2S2/c1-14-11-16(9-10-21(14)28)22(29)26-24-12-17-7-8-18(20-6-4-3-5-19(17)20)13-30-23-27-25-15(2)31-23/h3-12,28H,13H2,1-2H3,(H,26,29)/b24-12+. The monoisotopic (exact) mass is 448 g/mol. The minimum atomic E-state index is -0.330. The molecule has 0 aliphatic rings. The second-order valence-corrected chi connectivity index (χ2v) is 9.34. The molecule has 0 unspecified atom stereocenters. The molecule has 0 radical (unpaired) electrons. The number of carbonyl (C=O) groups is 1. The van der Waals surface area contributed by atoms with Crippen LogP contribution >= 0.6 is 23.1 Å². The Hall–Kier alpha value is -3.23. The van der Waals surface area contributed by atoms with E-state index in [2.05, 4.69) is 32.9 Å². The van der Waals surface area contributed by atoms with Crippen LogP contribution < -0.4 is 5.43 Å². The van der Waals surface area contributed by atoms with E-state index in [1.54, 1.807) is 48.4 Å². The van der Waals surface area contributed by atoms with Gasteiger partial charge in [-0.1, -0.05) is 59.5 Å². The molecule has 2 N–H and O–H groups in total. The maximum atomic E-state index is 12.3. The van der Waals surface area contributed by atoms with E-state index < -0.39 is 0 Å². The second-order valence-electron chi connectivity index (χ2n) is 6.94. The fraction of sp³-hybridized carbons (Fsp3) is 0.130. The van der Waals surface area contributed by atoms with Gasteiger partial charge in [0.25, 0.3) is 5.91 Å². The number of hydrogen-bond acceptors (Lipinski definition) is 7. The number of fused-ring (bicyclic) bond motifs is 1. The summed E-state index contributed by atoms with van der Waals surface area (Å²) in [5.41, 5.74) is 5.75. The average molecular weight is 449 g/mol. The van der Waals surface area contributed by atoms with E-state index in [4.69, 9.17) is 0 Å². The molecule has 1 heterocycles. The topological polar surface area (TPSA) is 87.5 Å². The highest BCUT2D eigenvalue weighted by atomic mass is 32.2. The van der Waals surface area contributed by atoms with Crippen molar-refractivity contribution < 1.29 is 9.90 Å². The molecule has 0 aliphatic carbocycles. The van der Waals surface area contributed by atoms with Crippen molar-refractivity contribution >= 4 is 46.0 Å². The maximum Gasteiger partial charge on any atom is 0.271 e. The number of phenolic OH excluding ortho intramolecular Hbond substituents is 1. The molecular weight excluding hydrogens is 428 g/mol. The summed E-state index contributed by atoms with van der Waals surface area (Å²) >= 11 is 3.27. The van der Waals surface area contributed by atoms with E-state index in [0.717, 1.165) is 31.4 Å². The summed E-state index contributed by atoms with van der Waals surface area (Å²) in [4.78, 5) is 12.3. The Labute approximate surface area is 188 Å². The van der Waals surface area contributed by atoms with Gasteiger partial charge in [-0.2, -0.15) is 5.10 Å². The number of aryl methyl sites for hydroxylation is 2. The molecule has 0 aliphatic heterocycles. The van der Waals surface area contributed by atoms with Gasteiger partial charge in [0.15, 0.2) is 4.34 Å². The number of aromatic nitrogens is 2. The molecular formula is C23H20N4O2S2. The average Bonchev–Trinajstić information content (AvgIpc) is 3.20. The quantitative estimate of drug-likeness (QED) is 0.244. The molecule has 0 atom stereocenters. The van der Waals surface area contributed by atoms with Gasteiger partial charge < -0.3 is 5.11 Å². The van der Waals surface area contributed by atoms with E-state index in [1.807, 2.05) is 31.2 Å². The first-order chi connectivity index (χ1) is 15.0. The molecule has 1 amide bonds. The number of nitrogens with one attached hydrogen (secondary N) is 1. The van der Waals surface area contributed by atoms with Crippen LogP contribution in [-0.4, -0.2) is 27.4 Å². The number of carbonyl (C=O) groups excluding carboxylic acids is 1. The number of benzene rings is 3. The molecule has 4 rings (SSSR count). The Morgan fingerprint density at radius 1 is 1.13 bits per heavy atom. The van der Waals surface area contributed by atoms with Gasteiger partial charge >= 0.3 is 0 Å². The van der Waals surface area contributed by atoms with Gasteiger partial charge in [-0.05, 0) is 53.9 Å². The van der Waals surface area contributed by atoms with E-state index in [0.29, 0.717) is 11.1 Å². The van der Waals surface area contributed by atoms with Crippen LogP contribution in [-0.2, 0) is 5.75 Å². The zero-order valence-electron chi connectivity index (χ0n) is 17.0. The summed E-state index contributed by atoms with van der Waals surface area (Å²) in [7, 11) is 0. The number of amides is 1.